The number of amides is 1. The molecule has 0 unspecified atom stereocenters. The van der Waals surface area contributed by atoms with Gasteiger partial charge in [0, 0.05) is 29.3 Å². The van der Waals surface area contributed by atoms with Crippen molar-refractivity contribution in [2.75, 3.05) is 39.1 Å². The number of carbonyl (C=O) groups is 1. The smallest absolute Gasteiger partial charge is 0.230 e. The fourth-order valence-corrected chi connectivity index (χ4v) is 5.31. The van der Waals surface area contributed by atoms with E-state index in [-0.39, 0.29) is 11.3 Å². The molecule has 0 aromatic carbocycles. The van der Waals surface area contributed by atoms with Crippen LogP contribution in [0.25, 0.3) is 10.2 Å². The Labute approximate surface area is 162 Å². The average molecular weight is 395 g/mol. The molecule has 8 heteroatoms. The number of piperidine rings is 1. The highest BCUT2D eigenvalue weighted by Crippen LogP contribution is 2.34. The number of ether oxygens (including phenoxy) is 1. The summed E-state index contributed by atoms with van der Waals surface area (Å²) in [6, 6.07) is 0. The number of carbonyl (C=O) groups excluding carboxylic acids is 1. The summed E-state index contributed by atoms with van der Waals surface area (Å²) in [7, 11) is 1.73. The van der Waals surface area contributed by atoms with Crippen LogP contribution in [0.15, 0.2) is 11.4 Å². The second-order valence-corrected chi connectivity index (χ2v) is 9.06. The number of thioether (sulfide) groups is 1. The fraction of sp³-hybridized carbons (Fsp3) is 0.611. The molecule has 0 bridgehead atoms. The third-order valence-electron chi connectivity index (χ3n) is 5.05. The number of hydrogen-bond acceptors (Lipinski definition) is 7. The lowest BCUT2D eigenvalue weighted by Gasteiger charge is -2.37. The van der Waals surface area contributed by atoms with Gasteiger partial charge in [-0.05, 0) is 45.3 Å². The number of methoxy groups -OCH3 is 1. The zero-order valence-electron chi connectivity index (χ0n) is 15.6. The molecule has 1 aliphatic rings. The topological polar surface area (TPSA) is 76.1 Å². The van der Waals surface area contributed by atoms with E-state index in [1.165, 1.54) is 22.2 Å². The number of fused-ring (bicyclic) bond motifs is 1. The van der Waals surface area contributed by atoms with E-state index in [1.807, 2.05) is 0 Å². The maximum atomic E-state index is 12.4. The zero-order chi connectivity index (χ0) is 18.6. The third-order valence-corrected chi connectivity index (χ3v) is 7.15. The molecule has 2 aromatic heterocycles. The Morgan fingerprint density at radius 2 is 2.15 bits per heavy atom. The Bertz CT molecular complexity index is 766. The molecule has 0 saturated carbocycles. The first-order valence-electron chi connectivity index (χ1n) is 8.84. The maximum absolute atomic E-state index is 12.4. The highest BCUT2D eigenvalue weighted by Gasteiger charge is 2.32. The molecule has 0 spiro atoms. The monoisotopic (exact) mass is 394 g/mol. The van der Waals surface area contributed by atoms with Crippen LogP contribution in [-0.2, 0) is 9.53 Å². The fourth-order valence-electron chi connectivity index (χ4n) is 3.37. The van der Waals surface area contributed by atoms with Crippen molar-refractivity contribution in [2.24, 2.45) is 5.41 Å². The van der Waals surface area contributed by atoms with Gasteiger partial charge in [-0.3, -0.25) is 4.79 Å². The second-order valence-electron chi connectivity index (χ2n) is 6.89. The van der Waals surface area contributed by atoms with E-state index in [9.17, 15) is 4.79 Å². The predicted molar refractivity (Wildman–Crippen MR) is 107 cm³/mol. The van der Waals surface area contributed by atoms with Gasteiger partial charge in [-0.15, -0.1) is 11.3 Å². The molecule has 0 aliphatic carbocycles. The molecule has 2 aromatic rings. The van der Waals surface area contributed by atoms with Crippen molar-refractivity contribution in [1.29, 1.82) is 0 Å². The SMILES string of the molecule is COCC1(CNC(=O)CSc2ncnc3sc(C)c(C)c23)CCNCC1. The first kappa shape index (κ1) is 19.5. The highest BCUT2D eigenvalue weighted by atomic mass is 32.2. The number of hydrogen-bond donors (Lipinski definition) is 2. The molecule has 3 heterocycles. The Kier molecular flexibility index (Phi) is 6.50. The number of nitrogens with zero attached hydrogens (tertiary/aromatic N) is 2. The predicted octanol–water partition coefficient (Wildman–Crippen LogP) is 2.53. The van der Waals surface area contributed by atoms with Crippen LogP contribution in [0.3, 0.4) is 0 Å². The molecule has 3 rings (SSSR count). The first-order chi connectivity index (χ1) is 12.5. The van der Waals surface area contributed by atoms with Crippen LogP contribution in [-0.4, -0.2) is 55.0 Å². The van der Waals surface area contributed by atoms with Crippen molar-refractivity contribution in [3.8, 4) is 0 Å². The summed E-state index contributed by atoms with van der Waals surface area (Å²) in [6.07, 6.45) is 3.63. The van der Waals surface area contributed by atoms with Crippen LogP contribution in [0.5, 0.6) is 0 Å². The Morgan fingerprint density at radius 3 is 2.88 bits per heavy atom. The first-order valence-corrected chi connectivity index (χ1v) is 10.6. The standard InChI is InChI=1S/C18H26N4O2S2/c1-12-13(2)26-17-15(12)16(21-11-22-17)25-8-14(23)20-9-18(10-24-3)4-6-19-7-5-18/h11,19H,4-10H2,1-3H3,(H,20,23). The Morgan fingerprint density at radius 1 is 1.38 bits per heavy atom. The normalized spacial score (nSPS) is 16.7. The van der Waals surface area contributed by atoms with Crippen LogP contribution in [0.2, 0.25) is 0 Å². The van der Waals surface area contributed by atoms with Gasteiger partial charge in [-0.25, -0.2) is 9.97 Å². The van der Waals surface area contributed by atoms with E-state index in [0.29, 0.717) is 18.9 Å². The summed E-state index contributed by atoms with van der Waals surface area (Å²) in [5.74, 6) is 0.405. The van der Waals surface area contributed by atoms with E-state index in [4.69, 9.17) is 4.74 Å². The molecule has 1 fully saturated rings. The summed E-state index contributed by atoms with van der Waals surface area (Å²) in [5, 5.41) is 8.45. The van der Waals surface area contributed by atoms with Gasteiger partial charge in [-0.1, -0.05) is 11.8 Å². The van der Waals surface area contributed by atoms with Crippen molar-refractivity contribution >= 4 is 39.2 Å². The summed E-state index contributed by atoms with van der Waals surface area (Å²) < 4.78 is 5.41. The van der Waals surface area contributed by atoms with E-state index < -0.39 is 0 Å². The van der Waals surface area contributed by atoms with Crippen LogP contribution >= 0.6 is 23.1 Å². The Balaban J connectivity index is 1.59. The van der Waals surface area contributed by atoms with Gasteiger partial charge in [0.15, 0.2) is 0 Å². The van der Waals surface area contributed by atoms with Gasteiger partial charge in [-0.2, -0.15) is 0 Å². The minimum Gasteiger partial charge on any atom is -0.384 e. The average Bonchev–Trinajstić information content (AvgIpc) is 2.94. The van der Waals surface area contributed by atoms with Crippen LogP contribution in [0.4, 0.5) is 0 Å². The van der Waals surface area contributed by atoms with E-state index >= 15 is 0 Å². The molecule has 0 radical (unpaired) electrons. The van der Waals surface area contributed by atoms with Crippen LogP contribution in [0.1, 0.15) is 23.3 Å². The summed E-state index contributed by atoms with van der Waals surface area (Å²) >= 11 is 3.16. The molecule has 1 aliphatic heterocycles. The van der Waals surface area contributed by atoms with E-state index in [0.717, 1.165) is 41.2 Å². The van der Waals surface area contributed by atoms with Crippen molar-refractivity contribution in [3.63, 3.8) is 0 Å². The summed E-state index contributed by atoms with van der Waals surface area (Å²) in [4.78, 5) is 23.4. The van der Waals surface area contributed by atoms with E-state index in [2.05, 4.69) is 34.4 Å². The molecule has 1 saturated heterocycles. The largest absolute Gasteiger partial charge is 0.384 e. The van der Waals surface area contributed by atoms with Crippen molar-refractivity contribution in [3.05, 3.63) is 16.8 Å². The van der Waals surface area contributed by atoms with Crippen molar-refractivity contribution in [1.82, 2.24) is 20.6 Å². The summed E-state index contributed by atoms with van der Waals surface area (Å²) in [6.45, 7) is 7.48. The quantitative estimate of drug-likeness (QED) is 0.555. The lowest BCUT2D eigenvalue weighted by Crippen LogP contribution is -2.47. The zero-order valence-corrected chi connectivity index (χ0v) is 17.2. The maximum Gasteiger partial charge on any atom is 0.230 e. The van der Waals surface area contributed by atoms with Crippen molar-refractivity contribution < 1.29 is 9.53 Å². The van der Waals surface area contributed by atoms with Crippen LogP contribution < -0.4 is 10.6 Å². The van der Waals surface area contributed by atoms with Gasteiger partial charge in [0.1, 0.15) is 16.2 Å². The summed E-state index contributed by atoms with van der Waals surface area (Å²) in [5.41, 5.74) is 1.26. The second kappa shape index (κ2) is 8.65. The molecule has 0 atom stereocenters. The van der Waals surface area contributed by atoms with Gasteiger partial charge in [0.05, 0.1) is 12.4 Å². The minimum atomic E-state index is 0.0420. The molecule has 2 N–H and O–H groups in total. The molecule has 26 heavy (non-hydrogen) atoms. The molecular formula is C18H26N4O2S2. The number of rotatable bonds is 7. The molecule has 142 valence electrons. The van der Waals surface area contributed by atoms with E-state index in [1.54, 1.807) is 24.8 Å². The van der Waals surface area contributed by atoms with Gasteiger partial charge < -0.3 is 15.4 Å². The number of nitrogens with one attached hydrogen (secondary N) is 2. The van der Waals surface area contributed by atoms with Crippen LogP contribution in [0, 0.1) is 19.3 Å². The lowest BCUT2D eigenvalue weighted by molar-refractivity contribution is -0.119. The molecular weight excluding hydrogens is 368 g/mol. The van der Waals surface area contributed by atoms with Gasteiger partial charge in [0.2, 0.25) is 5.91 Å². The minimum absolute atomic E-state index is 0.0420. The number of aryl methyl sites for hydroxylation is 2. The number of aromatic nitrogens is 2. The number of thiophene rings is 1. The van der Waals surface area contributed by atoms with Gasteiger partial charge >= 0.3 is 0 Å². The lowest BCUT2D eigenvalue weighted by atomic mass is 9.79. The third kappa shape index (κ3) is 4.36. The van der Waals surface area contributed by atoms with Crippen molar-refractivity contribution in [2.45, 2.75) is 31.7 Å². The highest BCUT2D eigenvalue weighted by molar-refractivity contribution is 8.00. The Hall–Kier alpha value is -1.22. The van der Waals surface area contributed by atoms with Gasteiger partial charge in [0.25, 0.3) is 0 Å². The molecule has 1 amide bonds. The molecule has 6 nitrogen and oxygen atoms in total.